The molecule has 2 aliphatic rings. The van der Waals surface area contributed by atoms with E-state index in [-0.39, 0.29) is 5.92 Å². The highest BCUT2D eigenvalue weighted by atomic mass is 16.2. The van der Waals surface area contributed by atoms with Gasteiger partial charge in [0.1, 0.15) is 12.1 Å². The fourth-order valence-corrected chi connectivity index (χ4v) is 4.72. The van der Waals surface area contributed by atoms with Gasteiger partial charge in [0.2, 0.25) is 5.91 Å². The van der Waals surface area contributed by atoms with Gasteiger partial charge in [0.15, 0.2) is 0 Å². The van der Waals surface area contributed by atoms with Crippen molar-refractivity contribution in [1.82, 2.24) is 14.9 Å². The molecule has 0 spiro atoms. The van der Waals surface area contributed by atoms with Crippen molar-refractivity contribution in [1.29, 1.82) is 0 Å². The molecule has 164 valence electrons. The maximum absolute atomic E-state index is 13.1. The lowest BCUT2D eigenvalue weighted by Gasteiger charge is -2.39. The van der Waals surface area contributed by atoms with Crippen molar-refractivity contribution in [2.24, 2.45) is 5.92 Å². The first kappa shape index (κ1) is 20.5. The molecule has 6 heteroatoms. The predicted octanol–water partition coefficient (Wildman–Crippen LogP) is 3.71. The highest BCUT2D eigenvalue weighted by Crippen LogP contribution is 2.26. The number of piperidine rings is 1. The van der Waals surface area contributed by atoms with Gasteiger partial charge in [-0.15, -0.1) is 0 Å². The summed E-state index contributed by atoms with van der Waals surface area (Å²) in [5.41, 5.74) is 3.27. The van der Waals surface area contributed by atoms with Crippen molar-refractivity contribution in [3.8, 4) is 11.3 Å². The molecule has 2 saturated heterocycles. The minimum Gasteiger partial charge on any atom is -0.368 e. The molecule has 2 aromatic carbocycles. The third kappa shape index (κ3) is 4.44. The second kappa shape index (κ2) is 9.39. The lowest BCUT2D eigenvalue weighted by molar-refractivity contribution is -0.136. The number of hydrogen-bond acceptors (Lipinski definition) is 5. The first-order valence-corrected chi connectivity index (χ1v) is 11.5. The van der Waals surface area contributed by atoms with Crippen LogP contribution >= 0.6 is 0 Å². The number of anilines is 2. The fraction of sp³-hybridized carbons (Fsp3) is 0.346. The van der Waals surface area contributed by atoms with E-state index in [1.54, 1.807) is 6.33 Å². The number of carbonyl (C=O) groups excluding carboxylic acids is 1. The monoisotopic (exact) mass is 427 g/mol. The zero-order valence-corrected chi connectivity index (χ0v) is 18.3. The third-order valence-corrected chi connectivity index (χ3v) is 6.60. The minimum atomic E-state index is 0.116. The van der Waals surface area contributed by atoms with Crippen LogP contribution in [0.25, 0.3) is 11.3 Å². The van der Waals surface area contributed by atoms with Crippen LogP contribution in [-0.4, -0.2) is 60.0 Å². The van der Waals surface area contributed by atoms with Crippen molar-refractivity contribution in [3.05, 3.63) is 73.1 Å². The van der Waals surface area contributed by atoms with E-state index in [1.165, 1.54) is 5.69 Å². The van der Waals surface area contributed by atoms with E-state index in [0.717, 1.165) is 69.2 Å². The molecular formula is C26H29N5O. The van der Waals surface area contributed by atoms with Gasteiger partial charge in [-0.1, -0.05) is 48.5 Å². The number of piperazine rings is 1. The summed E-state index contributed by atoms with van der Waals surface area (Å²) in [6.07, 6.45) is 3.39. The third-order valence-electron chi connectivity index (χ3n) is 6.60. The van der Waals surface area contributed by atoms with Gasteiger partial charge in [-0.2, -0.15) is 0 Å². The number of carbonyl (C=O) groups is 1. The minimum absolute atomic E-state index is 0.116. The van der Waals surface area contributed by atoms with Crippen molar-refractivity contribution in [2.45, 2.75) is 12.8 Å². The van der Waals surface area contributed by atoms with E-state index >= 15 is 0 Å². The molecule has 3 heterocycles. The van der Waals surface area contributed by atoms with Crippen LogP contribution in [0.3, 0.4) is 0 Å². The molecule has 5 rings (SSSR count). The summed E-state index contributed by atoms with van der Waals surface area (Å²) in [5.74, 6) is 1.39. The van der Waals surface area contributed by atoms with Gasteiger partial charge in [-0.05, 0) is 25.0 Å². The Bertz CT molecular complexity index is 1030. The molecule has 32 heavy (non-hydrogen) atoms. The Balaban J connectivity index is 1.16. The second-order valence-electron chi connectivity index (χ2n) is 8.54. The van der Waals surface area contributed by atoms with E-state index in [4.69, 9.17) is 0 Å². The van der Waals surface area contributed by atoms with Crippen LogP contribution in [0.15, 0.2) is 73.1 Å². The average Bonchev–Trinajstić information content (AvgIpc) is 2.89. The Hall–Kier alpha value is -3.41. The molecule has 0 aliphatic carbocycles. The van der Waals surface area contributed by atoms with Gasteiger partial charge in [0.05, 0.1) is 5.69 Å². The van der Waals surface area contributed by atoms with Gasteiger partial charge in [0.25, 0.3) is 0 Å². The highest BCUT2D eigenvalue weighted by Gasteiger charge is 2.31. The summed E-state index contributed by atoms with van der Waals surface area (Å²) in [7, 11) is 0. The molecule has 0 bridgehead atoms. The van der Waals surface area contributed by atoms with Crippen molar-refractivity contribution < 1.29 is 4.79 Å². The molecule has 0 unspecified atom stereocenters. The lowest BCUT2D eigenvalue weighted by atomic mass is 9.95. The molecule has 1 aromatic heterocycles. The van der Waals surface area contributed by atoms with Crippen LogP contribution in [0.4, 0.5) is 11.5 Å². The first-order chi connectivity index (χ1) is 15.8. The largest absolute Gasteiger partial charge is 0.368 e. The molecule has 0 N–H and O–H groups in total. The molecular weight excluding hydrogens is 398 g/mol. The smallest absolute Gasteiger partial charge is 0.225 e. The van der Waals surface area contributed by atoms with Gasteiger partial charge in [-0.25, -0.2) is 9.97 Å². The van der Waals surface area contributed by atoms with E-state index in [0.29, 0.717) is 5.91 Å². The topological polar surface area (TPSA) is 52.6 Å². The summed E-state index contributed by atoms with van der Waals surface area (Å²) in [6.45, 7) is 5.12. The standard InChI is InChI=1S/C26H29N5O/c32-26(31-17-15-29(16-18-31)23-9-5-2-6-10-23)22-11-13-30(14-12-22)25-19-24(27-20-28-25)21-7-3-1-4-8-21/h1-10,19-20,22H,11-18H2. The van der Waals surface area contributed by atoms with E-state index in [1.807, 2.05) is 24.3 Å². The van der Waals surface area contributed by atoms with Crippen LogP contribution < -0.4 is 9.80 Å². The molecule has 0 saturated carbocycles. The number of amides is 1. The molecule has 0 atom stereocenters. The Morgan fingerprint density at radius 1 is 0.750 bits per heavy atom. The normalized spacial score (nSPS) is 17.4. The molecule has 6 nitrogen and oxygen atoms in total. The summed E-state index contributed by atoms with van der Waals surface area (Å²) in [4.78, 5) is 28.8. The molecule has 2 fully saturated rings. The summed E-state index contributed by atoms with van der Waals surface area (Å²) >= 11 is 0. The van der Waals surface area contributed by atoms with E-state index in [9.17, 15) is 4.79 Å². The summed E-state index contributed by atoms with van der Waals surface area (Å²) < 4.78 is 0. The molecule has 3 aromatic rings. The van der Waals surface area contributed by atoms with Gasteiger partial charge < -0.3 is 14.7 Å². The summed E-state index contributed by atoms with van der Waals surface area (Å²) in [6, 6.07) is 22.7. The molecule has 0 radical (unpaired) electrons. The Kier molecular flexibility index (Phi) is 6.01. The Labute approximate surface area is 189 Å². The first-order valence-electron chi connectivity index (χ1n) is 11.5. The van der Waals surface area contributed by atoms with Gasteiger partial charge in [-0.3, -0.25) is 4.79 Å². The highest BCUT2D eigenvalue weighted by molar-refractivity contribution is 5.79. The maximum atomic E-state index is 13.1. The quantitative estimate of drug-likeness (QED) is 0.635. The maximum Gasteiger partial charge on any atom is 0.225 e. The van der Waals surface area contributed by atoms with E-state index in [2.05, 4.69) is 67.1 Å². The molecule has 1 amide bonds. The zero-order chi connectivity index (χ0) is 21.8. The van der Waals surface area contributed by atoms with Crippen LogP contribution in [0.1, 0.15) is 12.8 Å². The van der Waals surface area contributed by atoms with Gasteiger partial charge in [0, 0.05) is 62.5 Å². The number of para-hydroxylation sites is 1. The number of aromatic nitrogens is 2. The molecule has 2 aliphatic heterocycles. The Morgan fingerprint density at radius 2 is 1.41 bits per heavy atom. The van der Waals surface area contributed by atoms with Crippen LogP contribution in [0, 0.1) is 5.92 Å². The second-order valence-corrected chi connectivity index (χ2v) is 8.54. The van der Waals surface area contributed by atoms with Crippen LogP contribution in [0.2, 0.25) is 0 Å². The SMILES string of the molecule is O=C(C1CCN(c2cc(-c3ccccc3)ncn2)CC1)N1CCN(c2ccccc2)CC1. The van der Waals surface area contributed by atoms with Crippen molar-refractivity contribution in [3.63, 3.8) is 0 Å². The van der Waals surface area contributed by atoms with Crippen LogP contribution in [0.5, 0.6) is 0 Å². The van der Waals surface area contributed by atoms with Gasteiger partial charge >= 0.3 is 0 Å². The van der Waals surface area contributed by atoms with Crippen LogP contribution in [-0.2, 0) is 4.79 Å². The average molecular weight is 428 g/mol. The van der Waals surface area contributed by atoms with Crippen molar-refractivity contribution in [2.75, 3.05) is 49.1 Å². The van der Waals surface area contributed by atoms with Crippen molar-refractivity contribution >= 4 is 17.4 Å². The number of rotatable bonds is 4. The number of benzene rings is 2. The number of hydrogen-bond donors (Lipinski definition) is 0. The summed E-state index contributed by atoms with van der Waals surface area (Å²) in [5, 5.41) is 0. The lowest BCUT2D eigenvalue weighted by Crippen LogP contribution is -2.51. The number of nitrogens with zero attached hydrogens (tertiary/aromatic N) is 5. The van der Waals surface area contributed by atoms with E-state index < -0.39 is 0 Å². The Morgan fingerprint density at radius 3 is 2.09 bits per heavy atom. The predicted molar refractivity (Wildman–Crippen MR) is 128 cm³/mol. The zero-order valence-electron chi connectivity index (χ0n) is 18.3. The fourth-order valence-electron chi connectivity index (χ4n) is 4.72.